The van der Waals surface area contributed by atoms with Crippen molar-refractivity contribution in [2.24, 2.45) is 0 Å². The van der Waals surface area contributed by atoms with Crippen LogP contribution in [0, 0.1) is 0 Å². The number of rotatable bonds is 6. The van der Waals surface area contributed by atoms with Crippen LogP contribution in [0.1, 0.15) is 21.5 Å². The van der Waals surface area contributed by atoms with Crippen molar-refractivity contribution < 1.29 is 14.3 Å². The van der Waals surface area contributed by atoms with Gasteiger partial charge in [-0.2, -0.15) is 0 Å². The molecule has 3 rings (SSSR count). The number of hydrogen-bond acceptors (Lipinski definition) is 3. The van der Waals surface area contributed by atoms with E-state index in [1.54, 1.807) is 48.5 Å². The Morgan fingerprint density at radius 1 is 0.862 bits per heavy atom. The number of nitrogens with one attached hydrogen (secondary N) is 2. The number of carbonyl (C=O) groups is 2. The zero-order valence-corrected chi connectivity index (χ0v) is 16.2. The van der Waals surface area contributed by atoms with Crippen molar-refractivity contribution in [2.75, 3.05) is 0 Å². The highest BCUT2D eigenvalue weighted by Gasteiger charge is 2.12. The van der Waals surface area contributed by atoms with Crippen LogP contribution in [-0.4, -0.2) is 11.8 Å². The van der Waals surface area contributed by atoms with Crippen LogP contribution in [0.4, 0.5) is 0 Å². The molecule has 0 aliphatic carbocycles. The number of ether oxygens (including phenoxy) is 1. The lowest BCUT2D eigenvalue weighted by Gasteiger charge is -2.12. The molecule has 0 fully saturated rings. The lowest BCUT2D eigenvalue weighted by atomic mass is 10.2. The minimum absolute atomic E-state index is 0.318. The van der Waals surface area contributed by atoms with Gasteiger partial charge in [-0.05, 0) is 35.4 Å². The van der Waals surface area contributed by atoms with Crippen LogP contribution in [0.15, 0.2) is 84.9 Å². The fourth-order valence-corrected chi connectivity index (χ4v) is 2.72. The molecule has 29 heavy (non-hydrogen) atoms. The first kappa shape index (κ1) is 20.2. The maximum absolute atomic E-state index is 12.5. The molecule has 146 valence electrons. The second-order valence-corrected chi connectivity index (χ2v) is 6.48. The maximum atomic E-state index is 12.5. The Morgan fingerprint density at radius 3 is 2.34 bits per heavy atom. The summed E-state index contributed by atoms with van der Waals surface area (Å²) in [6.07, 6.45) is 2.86. The molecule has 0 atom stereocenters. The van der Waals surface area contributed by atoms with Gasteiger partial charge in [-0.1, -0.05) is 72.3 Å². The standard InChI is InChI=1S/C23H19ClN2O3/c24-20-12-6-4-10-18(20)14-15-22(27)25-26-23(28)19-11-5-7-13-21(19)29-16-17-8-2-1-3-9-17/h1-15H,16H2,(H,25,27)(H,26,28). The Hall–Kier alpha value is -3.57. The van der Waals surface area contributed by atoms with Gasteiger partial charge in [0.25, 0.3) is 11.8 Å². The zero-order valence-electron chi connectivity index (χ0n) is 15.5. The van der Waals surface area contributed by atoms with Crippen molar-refractivity contribution in [3.8, 4) is 5.75 Å². The van der Waals surface area contributed by atoms with Gasteiger partial charge in [0.15, 0.2) is 0 Å². The molecule has 0 aliphatic heterocycles. The van der Waals surface area contributed by atoms with E-state index in [-0.39, 0.29) is 0 Å². The van der Waals surface area contributed by atoms with Gasteiger partial charge in [0.2, 0.25) is 0 Å². The summed E-state index contributed by atoms with van der Waals surface area (Å²) in [5.41, 5.74) is 6.74. The van der Waals surface area contributed by atoms with Gasteiger partial charge in [-0.15, -0.1) is 0 Å². The molecule has 3 aromatic rings. The zero-order chi connectivity index (χ0) is 20.5. The van der Waals surface area contributed by atoms with E-state index in [2.05, 4.69) is 10.9 Å². The molecule has 2 N–H and O–H groups in total. The Bertz CT molecular complexity index is 1020. The molecule has 5 nitrogen and oxygen atoms in total. The predicted octanol–water partition coefficient (Wildman–Crippen LogP) is 4.39. The lowest BCUT2D eigenvalue weighted by molar-refractivity contribution is -0.117. The monoisotopic (exact) mass is 406 g/mol. The third kappa shape index (κ3) is 5.96. The van der Waals surface area contributed by atoms with Crippen molar-refractivity contribution in [3.63, 3.8) is 0 Å². The first-order chi connectivity index (χ1) is 14.1. The van der Waals surface area contributed by atoms with Crippen molar-refractivity contribution in [3.05, 3.63) is 107 Å². The van der Waals surface area contributed by atoms with E-state index in [9.17, 15) is 9.59 Å². The van der Waals surface area contributed by atoms with E-state index < -0.39 is 11.8 Å². The molecule has 0 unspecified atom stereocenters. The Labute approximate surface area is 173 Å². The fourth-order valence-electron chi connectivity index (χ4n) is 2.52. The summed E-state index contributed by atoms with van der Waals surface area (Å²) >= 11 is 6.04. The molecule has 0 saturated heterocycles. The molecule has 0 bridgehead atoms. The van der Waals surface area contributed by atoms with Crippen LogP contribution in [0.2, 0.25) is 5.02 Å². The van der Waals surface area contributed by atoms with Crippen LogP contribution in [0.5, 0.6) is 5.75 Å². The second-order valence-electron chi connectivity index (χ2n) is 6.07. The quantitative estimate of drug-likeness (QED) is 0.471. The second kappa shape index (κ2) is 10.1. The van der Waals surface area contributed by atoms with E-state index in [0.717, 1.165) is 5.56 Å². The third-order valence-corrected chi connectivity index (χ3v) is 4.33. The Morgan fingerprint density at radius 2 is 1.55 bits per heavy atom. The molecular formula is C23H19ClN2O3. The summed E-state index contributed by atoms with van der Waals surface area (Å²) in [4.78, 5) is 24.4. The molecule has 2 amide bonds. The van der Waals surface area contributed by atoms with Crippen molar-refractivity contribution in [1.82, 2.24) is 10.9 Å². The summed E-state index contributed by atoms with van der Waals surface area (Å²) in [5.74, 6) is -0.538. The first-order valence-corrected chi connectivity index (χ1v) is 9.30. The number of halogens is 1. The van der Waals surface area contributed by atoms with Gasteiger partial charge in [0, 0.05) is 11.1 Å². The fraction of sp³-hybridized carbons (Fsp3) is 0.0435. The van der Waals surface area contributed by atoms with Crippen LogP contribution in [0.25, 0.3) is 6.08 Å². The molecule has 0 heterocycles. The first-order valence-electron chi connectivity index (χ1n) is 8.92. The van der Waals surface area contributed by atoms with Gasteiger partial charge in [0.05, 0.1) is 5.56 Å². The molecule has 6 heteroatoms. The average Bonchev–Trinajstić information content (AvgIpc) is 2.76. The molecule has 0 saturated carbocycles. The van der Waals surface area contributed by atoms with E-state index in [0.29, 0.717) is 28.5 Å². The van der Waals surface area contributed by atoms with E-state index >= 15 is 0 Å². The van der Waals surface area contributed by atoms with Gasteiger partial charge < -0.3 is 4.74 Å². The van der Waals surface area contributed by atoms with Crippen LogP contribution in [0.3, 0.4) is 0 Å². The minimum Gasteiger partial charge on any atom is -0.488 e. The highest BCUT2D eigenvalue weighted by molar-refractivity contribution is 6.32. The Kier molecular flexibility index (Phi) is 7.03. The number of para-hydroxylation sites is 1. The molecule has 0 spiro atoms. The van der Waals surface area contributed by atoms with Gasteiger partial charge in [0.1, 0.15) is 12.4 Å². The number of amides is 2. The number of benzene rings is 3. The highest BCUT2D eigenvalue weighted by atomic mass is 35.5. The van der Waals surface area contributed by atoms with E-state index in [1.807, 2.05) is 36.4 Å². The van der Waals surface area contributed by atoms with Crippen LogP contribution < -0.4 is 15.6 Å². The maximum Gasteiger partial charge on any atom is 0.273 e. The molecule has 0 aliphatic rings. The van der Waals surface area contributed by atoms with E-state index in [4.69, 9.17) is 16.3 Å². The normalized spacial score (nSPS) is 10.5. The lowest BCUT2D eigenvalue weighted by Crippen LogP contribution is -2.40. The van der Waals surface area contributed by atoms with Gasteiger partial charge in [-0.25, -0.2) is 0 Å². The van der Waals surface area contributed by atoms with E-state index in [1.165, 1.54) is 6.08 Å². The van der Waals surface area contributed by atoms with Gasteiger partial charge >= 0.3 is 0 Å². The Balaban J connectivity index is 1.58. The minimum atomic E-state index is -0.485. The molecule has 3 aromatic carbocycles. The van der Waals surface area contributed by atoms with Crippen molar-refractivity contribution >= 4 is 29.5 Å². The SMILES string of the molecule is O=C(C=Cc1ccccc1Cl)NNC(=O)c1ccccc1OCc1ccccc1. The van der Waals surface area contributed by atoms with Gasteiger partial charge in [-0.3, -0.25) is 20.4 Å². The summed E-state index contributed by atoms with van der Waals surface area (Å²) in [6, 6.07) is 23.6. The molecule has 0 aromatic heterocycles. The largest absolute Gasteiger partial charge is 0.488 e. The van der Waals surface area contributed by atoms with Crippen LogP contribution in [-0.2, 0) is 11.4 Å². The summed E-state index contributed by atoms with van der Waals surface area (Å²) in [5, 5.41) is 0.532. The summed E-state index contributed by atoms with van der Waals surface area (Å²) < 4.78 is 5.77. The molecule has 0 radical (unpaired) electrons. The average molecular weight is 407 g/mol. The summed E-state index contributed by atoms with van der Waals surface area (Å²) in [6.45, 7) is 0.331. The topological polar surface area (TPSA) is 67.4 Å². The summed E-state index contributed by atoms with van der Waals surface area (Å²) in [7, 11) is 0. The smallest absolute Gasteiger partial charge is 0.273 e. The molecular weight excluding hydrogens is 388 g/mol. The van der Waals surface area contributed by atoms with Crippen molar-refractivity contribution in [1.29, 1.82) is 0 Å². The van der Waals surface area contributed by atoms with Crippen molar-refractivity contribution in [2.45, 2.75) is 6.61 Å². The highest BCUT2D eigenvalue weighted by Crippen LogP contribution is 2.19. The van der Waals surface area contributed by atoms with Crippen LogP contribution >= 0.6 is 11.6 Å². The number of hydrazine groups is 1. The predicted molar refractivity (Wildman–Crippen MR) is 113 cm³/mol. The third-order valence-electron chi connectivity index (χ3n) is 3.99. The number of carbonyl (C=O) groups excluding carboxylic acids is 2. The number of hydrogen-bond donors (Lipinski definition) is 2.